The largest absolute Gasteiger partial charge is 0.326 e. The number of aromatic nitrogens is 1. The molecule has 1 aliphatic heterocycles. The van der Waals surface area contributed by atoms with Crippen molar-refractivity contribution >= 4 is 29.4 Å². The van der Waals surface area contributed by atoms with Crippen LogP contribution in [0.1, 0.15) is 17.3 Å². The number of para-hydroxylation sites is 1. The number of anilines is 1. The van der Waals surface area contributed by atoms with Gasteiger partial charge in [-0.05, 0) is 12.0 Å². The van der Waals surface area contributed by atoms with Gasteiger partial charge in [0.2, 0.25) is 6.41 Å². The minimum atomic E-state index is 0.387. The van der Waals surface area contributed by atoms with E-state index in [-0.39, 0.29) is 0 Å². The summed E-state index contributed by atoms with van der Waals surface area (Å²) in [7, 11) is 0. The molecule has 1 atom stereocenters. The molecule has 0 N–H and O–H groups in total. The topological polar surface area (TPSA) is 42.3 Å². The van der Waals surface area contributed by atoms with Crippen LogP contribution >= 0.6 is 0 Å². The van der Waals surface area contributed by atoms with Crippen molar-refractivity contribution in [3.8, 4) is 0 Å². The standard InChI is InChI=1S/C14H14N2O2/c1-10-6-15(9-18)14-12(8-17)11-4-2-3-5-13(11)16(14)7-10/h2-5,8-10H,6-7H2,1H3/t10-/m1/s1. The molecule has 0 saturated carbocycles. The zero-order valence-corrected chi connectivity index (χ0v) is 10.2. The molecule has 3 rings (SSSR count). The number of rotatable bonds is 2. The molecular weight excluding hydrogens is 228 g/mol. The van der Waals surface area contributed by atoms with E-state index in [9.17, 15) is 9.59 Å². The van der Waals surface area contributed by atoms with E-state index in [2.05, 4.69) is 11.5 Å². The summed E-state index contributed by atoms with van der Waals surface area (Å²) in [4.78, 5) is 24.2. The molecule has 0 bridgehead atoms. The molecule has 0 radical (unpaired) electrons. The molecule has 1 aromatic heterocycles. The number of aldehydes is 1. The number of carbonyl (C=O) groups excluding carboxylic acids is 2. The van der Waals surface area contributed by atoms with E-state index in [0.717, 1.165) is 36.0 Å². The molecule has 0 unspecified atom stereocenters. The predicted octanol–water partition coefficient (Wildman–Crippen LogP) is 2.07. The highest BCUT2D eigenvalue weighted by Crippen LogP contribution is 2.35. The lowest BCUT2D eigenvalue weighted by Gasteiger charge is -2.30. The zero-order valence-electron chi connectivity index (χ0n) is 10.2. The molecule has 4 heteroatoms. The van der Waals surface area contributed by atoms with Gasteiger partial charge < -0.3 is 4.57 Å². The van der Waals surface area contributed by atoms with Gasteiger partial charge in [0.05, 0.1) is 11.1 Å². The monoisotopic (exact) mass is 242 g/mol. The molecule has 18 heavy (non-hydrogen) atoms. The Kier molecular flexibility index (Phi) is 2.44. The second kappa shape index (κ2) is 3.98. The van der Waals surface area contributed by atoms with Crippen LogP contribution in [-0.2, 0) is 11.3 Å². The lowest BCUT2D eigenvalue weighted by atomic mass is 10.1. The van der Waals surface area contributed by atoms with Crippen LogP contribution in [-0.4, -0.2) is 23.8 Å². The van der Waals surface area contributed by atoms with E-state index in [4.69, 9.17) is 0 Å². The van der Waals surface area contributed by atoms with Gasteiger partial charge in [0.15, 0.2) is 6.29 Å². The summed E-state index contributed by atoms with van der Waals surface area (Å²) < 4.78 is 2.07. The maximum atomic E-state index is 11.3. The highest BCUT2D eigenvalue weighted by atomic mass is 16.1. The first-order chi connectivity index (χ1) is 8.76. The highest BCUT2D eigenvalue weighted by molar-refractivity contribution is 6.06. The number of hydrogen-bond donors (Lipinski definition) is 0. The van der Waals surface area contributed by atoms with Crippen molar-refractivity contribution in [2.24, 2.45) is 5.92 Å². The minimum Gasteiger partial charge on any atom is -0.326 e. The Morgan fingerprint density at radius 1 is 1.22 bits per heavy atom. The minimum absolute atomic E-state index is 0.387. The van der Waals surface area contributed by atoms with E-state index in [0.29, 0.717) is 18.0 Å². The molecular formula is C14H14N2O2. The molecule has 0 aliphatic carbocycles. The summed E-state index contributed by atoms with van der Waals surface area (Å²) in [5, 5.41) is 0.920. The number of benzene rings is 1. The summed E-state index contributed by atoms with van der Waals surface area (Å²) in [6, 6.07) is 7.79. The van der Waals surface area contributed by atoms with Gasteiger partial charge in [-0.1, -0.05) is 25.1 Å². The smallest absolute Gasteiger partial charge is 0.215 e. The summed E-state index contributed by atoms with van der Waals surface area (Å²) in [6.45, 7) is 3.61. The van der Waals surface area contributed by atoms with Gasteiger partial charge in [-0.15, -0.1) is 0 Å². The van der Waals surface area contributed by atoms with Crippen molar-refractivity contribution in [2.75, 3.05) is 11.4 Å². The van der Waals surface area contributed by atoms with Crippen LogP contribution in [0.5, 0.6) is 0 Å². The number of carbonyl (C=O) groups is 2. The third-order valence-corrected chi connectivity index (χ3v) is 3.50. The average Bonchev–Trinajstić information content (AvgIpc) is 2.72. The third kappa shape index (κ3) is 1.38. The van der Waals surface area contributed by atoms with Crippen molar-refractivity contribution in [1.29, 1.82) is 0 Å². The molecule has 1 aliphatic rings. The van der Waals surface area contributed by atoms with Crippen LogP contribution in [0.3, 0.4) is 0 Å². The third-order valence-electron chi connectivity index (χ3n) is 3.50. The summed E-state index contributed by atoms with van der Waals surface area (Å²) in [5.41, 5.74) is 1.64. The summed E-state index contributed by atoms with van der Waals surface area (Å²) in [5.74, 6) is 1.12. The molecule has 92 valence electrons. The Labute approximate surface area is 105 Å². The van der Waals surface area contributed by atoms with Gasteiger partial charge >= 0.3 is 0 Å². The normalized spacial score (nSPS) is 18.7. The Balaban J connectivity index is 2.38. The van der Waals surface area contributed by atoms with Gasteiger partial charge in [0.1, 0.15) is 5.82 Å². The zero-order chi connectivity index (χ0) is 12.7. The Morgan fingerprint density at radius 2 is 2.00 bits per heavy atom. The first-order valence-electron chi connectivity index (χ1n) is 6.04. The Hall–Kier alpha value is -2.10. The number of nitrogens with zero attached hydrogens (tertiary/aromatic N) is 2. The lowest BCUT2D eigenvalue weighted by molar-refractivity contribution is -0.107. The fraction of sp³-hybridized carbons (Fsp3) is 0.286. The van der Waals surface area contributed by atoms with Gasteiger partial charge in [-0.2, -0.15) is 0 Å². The maximum absolute atomic E-state index is 11.3. The molecule has 0 spiro atoms. The Bertz CT molecular complexity index is 630. The molecule has 1 amide bonds. The number of amides is 1. The molecule has 2 heterocycles. The molecule has 1 aromatic carbocycles. The van der Waals surface area contributed by atoms with Crippen molar-refractivity contribution in [1.82, 2.24) is 4.57 Å². The molecule has 4 nitrogen and oxygen atoms in total. The quantitative estimate of drug-likeness (QED) is 0.756. The second-order valence-electron chi connectivity index (χ2n) is 4.85. The lowest BCUT2D eigenvalue weighted by Crippen LogP contribution is -2.36. The second-order valence-corrected chi connectivity index (χ2v) is 4.85. The van der Waals surface area contributed by atoms with Crippen LogP contribution in [0.2, 0.25) is 0 Å². The van der Waals surface area contributed by atoms with Crippen LogP contribution in [0.15, 0.2) is 24.3 Å². The molecule has 0 fully saturated rings. The van der Waals surface area contributed by atoms with Crippen molar-refractivity contribution < 1.29 is 9.59 Å². The predicted molar refractivity (Wildman–Crippen MR) is 69.9 cm³/mol. The van der Waals surface area contributed by atoms with E-state index >= 15 is 0 Å². The maximum Gasteiger partial charge on any atom is 0.215 e. The van der Waals surface area contributed by atoms with E-state index < -0.39 is 0 Å². The fourth-order valence-electron chi connectivity index (χ4n) is 2.81. The van der Waals surface area contributed by atoms with E-state index in [1.54, 1.807) is 4.90 Å². The van der Waals surface area contributed by atoms with Crippen molar-refractivity contribution in [2.45, 2.75) is 13.5 Å². The highest BCUT2D eigenvalue weighted by Gasteiger charge is 2.27. The van der Waals surface area contributed by atoms with Gasteiger partial charge in [0, 0.05) is 18.5 Å². The van der Waals surface area contributed by atoms with Crippen LogP contribution in [0, 0.1) is 5.92 Å². The van der Waals surface area contributed by atoms with Crippen molar-refractivity contribution in [3.63, 3.8) is 0 Å². The van der Waals surface area contributed by atoms with Gasteiger partial charge in [-0.25, -0.2) is 0 Å². The fourth-order valence-corrected chi connectivity index (χ4v) is 2.81. The SMILES string of the molecule is C[C@@H]1CN(C=O)c2c(C=O)c3ccccc3n2C1. The van der Waals surface area contributed by atoms with Crippen molar-refractivity contribution in [3.05, 3.63) is 29.8 Å². The Morgan fingerprint density at radius 3 is 2.72 bits per heavy atom. The summed E-state index contributed by atoms with van der Waals surface area (Å²) >= 11 is 0. The average molecular weight is 242 g/mol. The van der Waals surface area contributed by atoms with E-state index in [1.165, 1.54) is 0 Å². The van der Waals surface area contributed by atoms with Gasteiger partial charge in [0.25, 0.3) is 0 Å². The summed E-state index contributed by atoms with van der Waals surface area (Å²) in [6.07, 6.45) is 1.66. The molecule has 2 aromatic rings. The van der Waals surface area contributed by atoms with Crippen LogP contribution in [0.25, 0.3) is 10.9 Å². The number of hydrogen-bond acceptors (Lipinski definition) is 2. The van der Waals surface area contributed by atoms with Crippen LogP contribution in [0.4, 0.5) is 5.82 Å². The number of fused-ring (bicyclic) bond motifs is 3. The van der Waals surface area contributed by atoms with Gasteiger partial charge in [-0.3, -0.25) is 14.5 Å². The first kappa shape index (κ1) is 11.0. The van der Waals surface area contributed by atoms with E-state index in [1.807, 2.05) is 24.3 Å². The first-order valence-corrected chi connectivity index (χ1v) is 6.04. The van der Waals surface area contributed by atoms with Crippen LogP contribution < -0.4 is 4.90 Å². The molecule has 0 saturated heterocycles.